The lowest BCUT2D eigenvalue weighted by molar-refractivity contribution is 0.0952. The molecule has 5 nitrogen and oxygen atoms in total. The van der Waals surface area contributed by atoms with Crippen molar-refractivity contribution >= 4 is 16.8 Å². The molecule has 0 aliphatic heterocycles. The van der Waals surface area contributed by atoms with Gasteiger partial charge in [0.1, 0.15) is 0 Å². The van der Waals surface area contributed by atoms with Gasteiger partial charge in [0.25, 0.3) is 5.91 Å². The number of aromatic nitrogens is 3. The summed E-state index contributed by atoms with van der Waals surface area (Å²) in [6, 6.07) is 9.30. The van der Waals surface area contributed by atoms with Crippen molar-refractivity contribution in [3.8, 4) is 0 Å². The monoisotopic (exact) mass is 252 g/mol. The second-order valence-corrected chi connectivity index (χ2v) is 4.18. The van der Waals surface area contributed by atoms with Crippen LogP contribution in [0.5, 0.6) is 0 Å². The largest absolute Gasteiger partial charge is 0.348 e. The Morgan fingerprint density at radius 1 is 1.21 bits per heavy atom. The molecule has 3 aromatic rings. The van der Waals surface area contributed by atoms with Gasteiger partial charge in [-0.15, -0.1) is 0 Å². The first-order chi connectivity index (χ1) is 9.34. The van der Waals surface area contributed by atoms with Gasteiger partial charge in [0.05, 0.1) is 17.3 Å². The van der Waals surface area contributed by atoms with Crippen LogP contribution in [0.2, 0.25) is 0 Å². The van der Waals surface area contributed by atoms with Crippen LogP contribution in [0, 0.1) is 0 Å². The van der Waals surface area contributed by atoms with Crippen molar-refractivity contribution in [2.45, 2.75) is 6.54 Å². The van der Waals surface area contributed by atoms with Gasteiger partial charge >= 0.3 is 0 Å². The molecule has 0 unspecified atom stereocenters. The van der Waals surface area contributed by atoms with E-state index in [0.717, 1.165) is 16.5 Å². The number of hydrogen-bond donors (Lipinski definition) is 2. The summed E-state index contributed by atoms with van der Waals surface area (Å²) in [7, 11) is 0. The maximum atomic E-state index is 12.2. The number of carbonyl (C=O) groups is 1. The molecule has 0 saturated carbocycles. The van der Waals surface area contributed by atoms with Crippen LogP contribution < -0.4 is 5.32 Å². The van der Waals surface area contributed by atoms with Gasteiger partial charge in [0.15, 0.2) is 0 Å². The summed E-state index contributed by atoms with van der Waals surface area (Å²) in [6.07, 6.45) is 5.14. The summed E-state index contributed by atoms with van der Waals surface area (Å²) in [5.41, 5.74) is 2.32. The first kappa shape index (κ1) is 11.4. The van der Waals surface area contributed by atoms with Crippen LogP contribution in [0.25, 0.3) is 10.9 Å². The van der Waals surface area contributed by atoms with Crippen molar-refractivity contribution < 1.29 is 4.79 Å². The molecule has 0 bridgehead atoms. The summed E-state index contributed by atoms with van der Waals surface area (Å²) in [4.78, 5) is 16.2. The van der Waals surface area contributed by atoms with E-state index >= 15 is 0 Å². The predicted octanol–water partition coefficient (Wildman–Crippen LogP) is 1.89. The highest BCUT2D eigenvalue weighted by Gasteiger charge is 2.10. The number of benzene rings is 1. The Morgan fingerprint density at radius 3 is 3.00 bits per heavy atom. The quantitative estimate of drug-likeness (QED) is 0.747. The highest BCUT2D eigenvalue weighted by Crippen LogP contribution is 2.15. The van der Waals surface area contributed by atoms with Gasteiger partial charge in [-0.1, -0.05) is 18.2 Å². The van der Waals surface area contributed by atoms with Gasteiger partial charge < -0.3 is 5.32 Å². The lowest BCUT2D eigenvalue weighted by atomic mass is 10.1. The van der Waals surface area contributed by atoms with Gasteiger partial charge in [0.2, 0.25) is 0 Å². The Balaban J connectivity index is 1.79. The summed E-state index contributed by atoms with van der Waals surface area (Å²) in [5, 5.41) is 10.6. The van der Waals surface area contributed by atoms with Crippen molar-refractivity contribution in [3.05, 3.63) is 60.0 Å². The minimum atomic E-state index is -0.126. The molecule has 94 valence electrons. The molecule has 0 saturated heterocycles. The van der Waals surface area contributed by atoms with E-state index in [1.807, 2.05) is 24.3 Å². The molecule has 0 spiro atoms. The molecule has 19 heavy (non-hydrogen) atoms. The second-order valence-electron chi connectivity index (χ2n) is 4.18. The van der Waals surface area contributed by atoms with Crippen LogP contribution in [0.15, 0.2) is 48.9 Å². The molecule has 2 heterocycles. The fourth-order valence-electron chi connectivity index (χ4n) is 1.94. The standard InChI is InChI=1S/C14H12N4O/c19-14(16-8-10-3-2-6-15-7-10)12-5-1-4-11-9-17-18-13(11)12/h1-7,9H,8H2,(H,16,19)(H,17,18). The van der Waals surface area contributed by atoms with E-state index in [1.165, 1.54) is 0 Å². The van der Waals surface area contributed by atoms with Gasteiger partial charge in [0, 0.05) is 24.3 Å². The number of pyridine rings is 1. The maximum absolute atomic E-state index is 12.2. The lowest BCUT2D eigenvalue weighted by Crippen LogP contribution is -2.23. The number of nitrogens with one attached hydrogen (secondary N) is 2. The molecule has 2 aromatic heterocycles. The Kier molecular flexibility index (Phi) is 2.94. The molecule has 0 atom stereocenters. The summed E-state index contributed by atoms with van der Waals surface area (Å²) < 4.78 is 0. The molecular weight excluding hydrogens is 240 g/mol. The van der Waals surface area contributed by atoms with E-state index in [0.29, 0.717) is 12.1 Å². The number of fused-ring (bicyclic) bond motifs is 1. The van der Waals surface area contributed by atoms with Crippen molar-refractivity contribution in [3.63, 3.8) is 0 Å². The number of aromatic amines is 1. The molecule has 0 aliphatic carbocycles. The lowest BCUT2D eigenvalue weighted by Gasteiger charge is -2.05. The van der Waals surface area contributed by atoms with E-state index in [1.54, 1.807) is 24.7 Å². The fraction of sp³-hybridized carbons (Fsp3) is 0.0714. The van der Waals surface area contributed by atoms with E-state index < -0.39 is 0 Å². The van der Waals surface area contributed by atoms with Crippen molar-refractivity contribution in [1.82, 2.24) is 20.5 Å². The zero-order chi connectivity index (χ0) is 13.1. The average molecular weight is 252 g/mol. The van der Waals surface area contributed by atoms with Crippen LogP contribution >= 0.6 is 0 Å². The van der Waals surface area contributed by atoms with Crippen LogP contribution in [0.1, 0.15) is 15.9 Å². The zero-order valence-electron chi connectivity index (χ0n) is 10.1. The summed E-state index contributed by atoms with van der Waals surface area (Å²) in [6.45, 7) is 0.456. The Morgan fingerprint density at radius 2 is 2.16 bits per heavy atom. The number of amides is 1. The molecule has 3 rings (SSSR count). The van der Waals surface area contributed by atoms with E-state index in [9.17, 15) is 4.79 Å². The van der Waals surface area contributed by atoms with Crippen LogP contribution in [0.3, 0.4) is 0 Å². The molecule has 5 heteroatoms. The molecule has 0 radical (unpaired) electrons. The zero-order valence-corrected chi connectivity index (χ0v) is 10.1. The first-order valence-electron chi connectivity index (χ1n) is 5.94. The van der Waals surface area contributed by atoms with Crippen LogP contribution in [-0.2, 0) is 6.54 Å². The number of H-pyrrole nitrogens is 1. The molecule has 1 aromatic carbocycles. The Bertz CT molecular complexity index is 706. The average Bonchev–Trinajstić information content (AvgIpc) is 2.94. The second kappa shape index (κ2) is 4.89. The third-order valence-electron chi connectivity index (χ3n) is 2.90. The summed E-state index contributed by atoms with van der Waals surface area (Å²) in [5.74, 6) is -0.126. The normalized spacial score (nSPS) is 10.5. The highest BCUT2D eigenvalue weighted by molar-refractivity contribution is 6.05. The minimum absolute atomic E-state index is 0.126. The molecule has 1 amide bonds. The fourth-order valence-corrected chi connectivity index (χ4v) is 1.94. The number of rotatable bonds is 3. The summed E-state index contributed by atoms with van der Waals surface area (Å²) >= 11 is 0. The number of carbonyl (C=O) groups excluding carboxylic acids is 1. The Labute approximate surface area is 109 Å². The number of para-hydroxylation sites is 1. The van der Waals surface area contributed by atoms with E-state index in [4.69, 9.17) is 0 Å². The third kappa shape index (κ3) is 2.30. The van der Waals surface area contributed by atoms with Crippen molar-refractivity contribution in [1.29, 1.82) is 0 Å². The van der Waals surface area contributed by atoms with Gasteiger partial charge in [-0.3, -0.25) is 14.9 Å². The van der Waals surface area contributed by atoms with E-state index in [2.05, 4.69) is 20.5 Å². The molecular formula is C14H12N4O. The minimum Gasteiger partial charge on any atom is -0.348 e. The topological polar surface area (TPSA) is 70.7 Å². The first-order valence-corrected chi connectivity index (χ1v) is 5.94. The Hall–Kier alpha value is -2.69. The molecule has 2 N–H and O–H groups in total. The third-order valence-corrected chi connectivity index (χ3v) is 2.90. The molecule has 0 fully saturated rings. The maximum Gasteiger partial charge on any atom is 0.253 e. The number of hydrogen-bond acceptors (Lipinski definition) is 3. The van der Waals surface area contributed by atoms with Gasteiger partial charge in [-0.2, -0.15) is 5.10 Å². The number of nitrogens with zero attached hydrogens (tertiary/aromatic N) is 2. The van der Waals surface area contributed by atoms with Gasteiger partial charge in [-0.25, -0.2) is 0 Å². The predicted molar refractivity (Wildman–Crippen MR) is 71.5 cm³/mol. The smallest absolute Gasteiger partial charge is 0.253 e. The van der Waals surface area contributed by atoms with Crippen LogP contribution in [0.4, 0.5) is 0 Å². The van der Waals surface area contributed by atoms with Crippen LogP contribution in [-0.4, -0.2) is 21.1 Å². The van der Waals surface area contributed by atoms with Gasteiger partial charge in [-0.05, 0) is 17.7 Å². The highest BCUT2D eigenvalue weighted by atomic mass is 16.1. The van der Waals surface area contributed by atoms with Crippen molar-refractivity contribution in [2.24, 2.45) is 0 Å². The SMILES string of the molecule is O=C(NCc1cccnc1)c1cccc2cn[nH]c12. The van der Waals surface area contributed by atoms with E-state index in [-0.39, 0.29) is 5.91 Å². The molecule has 0 aliphatic rings. The van der Waals surface area contributed by atoms with Crippen molar-refractivity contribution in [2.75, 3.05) is 0 Å².